The molecule has 58 valence electrons. The van der Waals surface area contributed by atoms with Crippen LogP contribution in [0.4, 0.5) is 4.39 Å². The molecule has 0 aromatic heterocycles. The average Bonchev–Trinajstić information content (AvgIpc) is 1.95. The highest BCUT2D eigenvalue weighted by molar-refractivity contribution is 7.17. The summed E-state index contributed by atoms with van der Waals surface area (Å²) in [5.41, 5.74) is 0. The molecule has 1 saturated carbocycles. The third-order valence-corrected chi connectivity index (χ3v) is 2.18. The molecule has 2 nitrogen and oxygen atoms in total. The second-order valence-electron chi connectivity index (χ2n) is 2.55. The number of rotatable bonds is 2. The smallest absolute Gasteiger partial charge is 0.291 e. The largest absolute Gasteiger partial charge is 0.327 e. The van der Waals surface area contributed by atoms with Crippen molar-refractivity contribution in [3.05, 3.63) is 0 Å². The molecule has 0 heterocycles. The van der Waals surface area contributed by atoms with E-state index in [2.05, 4.69) is 0 Å². The van der Waals surface area contributed by atoms with Crippen LogP contribution in [0.3, 0.4) is 0 Å². The summed E-state index contributed by atoms with van der Waals surface area (Å²) < 4.78 is 27.2. The minimum atomic E-state index is -0.664. The summed E-state index contributed by atoms with van der Waals surface area (Å²) in [5, 5.41) is 0. The van der Waals surface area contributed by atoms with Crippen molar-refractivity contribution >= 4 is 8.69 Å². The van der Waals surface area contributed by atoms with Gasteiger partial charge in [0.15, 0.2) is 0 Å². The van der Waals surface area contributed by atoms with Gasteiger partial charge in [-0.05, 0) is 25.7 Å². The van der Waals surface area contributed by atoms with Crippen LogP contribution in [-0.4, -0.2) is 12.3 Å². The van der Waals surface area contributed by atoms with Crippen molar-refractivity contribution in [2.45, 2.75) is 38.0 Å². The molecule has 1 rings (SSSR count). The van der Waals surface area contributed by atoms with Gasteiger partial charge < -0.3 is 0 Å². The fourth-order valence-corrected chi connectivity index (χ4v) is 1.52. The topological polar surface area (TPSA) is 26.3 Å². The summed E-state index contributed by atoms with van der Waals surface area (Å²) in [6, 6.07) is 0. The van der Waals surface area contributed by atoms with Crippen LogP contribution in [0.1, 0.15) is 25.7 Å². The van der Waals surface area contributed by atoms with Gasteiger partial charge in [-0.25, -0.2) is 8.96 Å². The van der Waals surface area contributed by atoms with Gasteiger partial charge >= 0.3 is 8.69 Å². The van der Waals surface area contributed by atoms with Crippen molar-refractivity contribution in [2.75, 3.05) is 0 Å². The molecule has 0 spiro atoms. The molecule has 0 amide bonds. The van der Waals surface area contributed by atoms with E-state index in [1.165, 1.54) is 0 Å². The minimum absolute atomic E-state index is 0.0196. The van der Waals surface area contributed by atoms with Crippen LogP contribution in [0.5, 0.6) is 0 Å². The van der Waals surface area contributed by atoms with Crippen molar-refractivity contribution < 1.29 is 13.5 Å². The Morgan fingerprint density at radius 1 is 1.30 bits per heavy atom. The lowest BCUT2D eigenvalue weighted by Crippen LogP contribution is -2.19. The molecule has 0 atom stereocenters. The maximum absolute atomic E-state index is 12.5. The number of halogens is 1. The Kier molecular flexibility index (Phi) is 3.23. The summed E-state index contributed by atoms with van der Waals surface area (Å²) in [7, 11) is -0.277. The lowest BCUT2D eigenvalue weighted by atomic mass is 9.96. The quantitative estimate of drug-likeness (QED) is 0.586. The van der Waals surface area contributed by atoms with Crippen LogP contribution in [0.25, 0.3) is 0 Å². The van der Waals surface area contributed by atoms with E-state index in [0.29, 0.717) is 25.7 Å². The van der Waals surface area contributed by atoms with Gasteiger partial charge in [0.25, 0.3) is 0 Å². The molecule has 0 unspecified atom stereocenters. The van der Waals surface area contributed by atoms with Crippen molar-refractivity contribution in [3.63, 3.8) is 0 Å². The Bertz CT molecular complexity index is 112. The Morgan fingerprint density at radius 2 is 1.90 bits per heavy atom. The van der Waals surface area contributed by atoms with Crippen molar-refractivity contribution in [2.24, 2.45) is 0 Å². The number of hydrogen-bond donors (Lipinski definition) is 0. The maximum atomic E-state index is 12.5. The van der Waals surface area contributed by atoms with E-state index in [4.69, 9.17) is 4.52 Å². The van der Waals surface area contributed by atoms with E-state index in [0.717, 1.165) is 0 Å². The second kappa shape index (κ2) is 3.99. The van der Waals surface area contributed by atoms with Crippen molar-refractivity contribution in [3.8, 4) is 0 Å². The molecule has 0 radical (unpaired) electrons. The zero-order valence-corrected chi connectivity index (χ0v) is 6.52. The van der Waals surface area contributed by atoms with E-state index < -0.39 is 6.17 Å². The number of alkyl halides is 1. The minimum Gasteiger partial charge on any atom is -0.291 e. The molecule has 1 aliphatic rings. The third kappa shape index (κ3) is 2.31. The van der Waals surface area contributed by atoms with Gasteiger partial charge in [0.1, 0.15) is 6.17 Å². The summed E-state index contributed by atoms with van der Waals surface area (Å²) in [6.45, 7) is 0. The molecule has 0 aromatic carbocycles. The Hall–Kier alpha value is -0.0100. The molecule has 0 bridgehead atoms. The molecule has 0 aliphatic heterocycles. The van der Waals surface area contributed by atoms with Crippen LogP contribution in [0.15, 0.2) is 0 Å². The standard InChI is InChI=1S/C6H10FO2P/c7-5-1-3-6(4-2-5)9-10-8/h5-6H,1-4H2. The molecule has 0 aromatic rings. The lowest BCUT2D eigenvalue weighted by molar-refractivity contribution is 0.125. The molecule has 0 saturated heterocycles. The predicted octanol–water partition coefficient (Wildman–Crippen LogP) is 2.49. The molecule has 1 aliphatic carbocycles. The molecule has 0 N–H and O–H groups in total. The van der Waals surface area contributed by atoms with Crippen LogP contribution in [-0.2, 0) is 9.09 Å². The SMILES string of the molecule is O=POC1CCC(F)CC1. The van der Waals surface area contributed by atoms with Crippen LogP contribution >= 0.6 is 8.69 Å². The van der Waals surface area contributed by atoms with Gasteiger partial charge in [0, 0.05) is 0 Å². The Labute approximate surface area is 61.0 Å². The second-order valence-corrected chi connectivity index (χ2v) is 2.91. The summed E-state index contributed by atoms with van der Waals surface area (Å²) >= 11 is 0. The van der Waals surface area contributed by atoms with Crippen molar-refractivity contribution in [1.82, 2.24) is 0 Å². The maximum Gasteiger partial charge on any atom is 0.327 e. The first-order chi connectivity index (χ1) is 4.83. The van der Waals surface area contributed by atoms with Gasteiger partial charge in [-0.3, -0.25) is 4.52 Å². The average molecular weight is 164 g/mol. The fraction of sp³-hybridized carbons (Fsp3) is 1.00. The predicted molar refractivity (Wildman–Crippen MR) is 35.8 cm³/mol. The number of hydrogen-bond acceptors (Lipinski definition) is 2. The molecule has 4 heteroatoms. The Morgan fingerprint density at radius 3 is 2.40 bits per heavy atom. The summed E-state index contributed by atoms with van der Waals surface area (Å²) in [4.78, 5) is 0. The molecular weight excluding hydrogens is 154 g/mol. The zero-order chi connectivity index (χ0) is 7.40. The molecular formula is C6H10FO2P. The zero-order valence-electron chi connectivity index (χ0n) is 5.62. The third-order valence-electron chi connectivity index (χ3n) is 1.80. The van der Waals surface area contributed by atoms with E-state index in [1.54, 1.807) is 0 Å². The van der Waals surface area contributed by atoms with Crippen LogP contribution in [0.2, 0.25) is 0 Å². The first kappa shape index (κ1) is 8.09. The van der Waals surface area contributed by atoms with Gasteiger partial charge in [-0.2, -0.15) is 0 Å². The fourth-order valence-electron chi connectivity index (χ4n) is 1.19. The van der Waals surface area contributed by atoms with Crippen molar-refractivity contribution in [1.29, 1.82) is 0 Å². The Balaban J connectivity index is 2.19. The van der Waals surface area contributed by atoms with Gasteiger partial charge in [-0.15, -0.1) is 0 Å². The van der Waals surface area contributed by atoms with Gasteiger partial charge in [0.2, 0.25) is 0 Å². The van der Waals surface area contributed by atoms with Crippen LogP contribution < -0.4 is 0 Å². The van der Waals surface area contributed by atoms with Gasteiger partial charge in [0.05, 0.1) is 6.10 Å². The normalized spacial score (nSPS) is 34.5. The monoisotopic (exact) mass is 164 g/mol. The van der Waals surface area contributed by atoms with E-state index in [1.807, 2.05) is 0 Å². The summed E-state index contributed by atoms with van der Waals surface area (Å²) in [6.07, 6.45) is 1.88. The highest BCUT2D eigenvalue weighted by atomic mass is 31.1. The molecule has 10 heavy (non-hydrogen) atoms. The summed E-state index contributed by atoms with van der Waals surface area (Å²) in [5.74, 6) is 0. The first-order valence-electron chi connectivity index (χ1n) is 3.45. The molecule has 1 fully saturated rings. The van der Waals surface area contributed by atoms with E-state index >= 15 is 0 Å². The van der Waals surface area contributed by atoms with E-state index in [-0.39, 0.29) is 14.8 Å². The lowest BCUT2D eigenvalue weighted by Gasteiger charge is -2.20. The highest BCUT2D eigenvalue weighted by Crippen LogP contribution is 2.25. The van der Waals surface area contributed by atoms with Crippen LogP contribution in [0, 0.1) is 0 Å². The highest BCUT2D eigenvalue weighted by Gasteiger charge is 2.20. The van der Waals surface area contributed by atoms with E-state index in [9.17, 15) is 8.96 Å². The van der Waals surface area contributed by atoms with Gasteiger partial charge in [-0.1, -0.05) is 0 Å². The first-order valence-corrected chi connectivity index (χ1v) is 4.18.